The Balaban J connectivity index is 2.25. The third-order valence-electron chi connectivity index (χ3n) is 2.56. The van der Waals surface area contributed by atoms with Crippen molar-refractivity contribution in [3.63, 3.8) is 0 Å². The van der Waals surface area contributed by atoms with E-state index in [9.17, 15) is 4.79 Å². The molecule has 1 aromatic carbocycles. The zero-order chi connectivity index (χ0) is 13.0. The molecule has 0 radical (unpaired) electrons. The predicted octanol–water partition coefficient (Wildman–Crippen LogP) is 2.64. The van der Waals surface area contributed by atoms with E-state index in [2.05, 4.69) is 5.32 Å². The zero-order valence-electron chi connectivity index (χ0n) is 10.1. The highest BCUT2D eigenvalue weighted by Crippen LogP contribution is 2.21. The van der Waals surface area contributed by atoms with Crippen LogP contribution in [0.25, 0.3) is 17.0 Å². The molecule has 0 amide bonds. The lowest BCUT2D eigenvalue weighted by Crippen LogP contribution is -2.10. The number of carbonyl (C=O) groups is 1. The molecule has 0 aliphatic heterocycles. The Bertz CT molecular complexity index is 584. The minimum absolute atomic E-state index is 0.700. The molecular weight excluding hydrogens is 230 g/mol. The van der Waals surface area contributed by atoms with E-state index in [-0.39, 0.29) is 0 Å². The molecule has 4 heteroatoms. The summed E-state index contributed by atoms with van der Waals surface area (Å²) in [6.07, 6.45) is 2.69. The zero-order valence-corrected chi connectivity index (χ0v) is 10.1. The Hall–Kier alpha value is -2.07. The normalized spacial score (nSPS) is 11.4. The van der Waals surface area contributed by atoms with Crippen LogP contribution < -0.4 is 5.32 Å². The highest BCUT2D eigenvalue weighted by molar-refractivity contribution is 5.87. The van der Waals surface area contributed by atoms with Crippen molar-refractivity contribution in [1.29, 1.82) is 0 Å². The number of benzene rings is 1. The standard InChI is InChI=1S/C14H15NO3/c1-2-15-9-12-8-11-7-10(4-6-14(16)17)3-5-13(11)18-12/h3-8,15H,2,9H2,1H3,(H,16,17)/b6-4+. The summed E-state index contributed by atoms with van der Waals surface area (Å²) in [5.41, 5.74) is 1.66. The molecule has 0 saturated heterocycles. The van der Waals surface area contributed by atoms with Crippen molar-refractivity contribution in [1.82, 2.24) is 5.32 Å². The van der Waals surface area contributed by atoms with E-state index in [0.717, 1.165) is 34.9 Å². The molecule has 1 aromatic heterocycles. The molecule has 1 heterocycles. The maximum atomic E-state index is 10.4. The lowest BCUT2D eigenvalue weighted by Gasteiger charge is -1.94. The van der Waals surface area contributed by atoms with Crippen LogP contribution in [0, 0.1) is 0 Å². The maximum absolute atomic E-state index is 10.4. The van der Waals surface area contributed by atoms with Crippen molar-refractivity contribution in [3.8, 4) is 0 Å². The minimum atomic E-state index is -0.949. The summed E-state index contributed by atoms with van der Waals surface area (Å²) in [6.45, 7) is 3.63. The van der Waals surface area contributed by atoms with Crippen molar-refractivity contribution in [2.75, 3.05) is 6.54 Å². The van der Waals surface area contributed by atoms with Crippen LogP contribution in [0.2, 0.25) is 0 Å². The summed E-state index contributed by atoms with van der Waals surface area (Å²) in [6, 6.07) is 7.57. The van der Waals surface area contributed by atoms with Crippen LogP contribution in [-0.2, 0) is 11.3 Å². The third-order valence-corrected chi connectivity index (χ3v) is 2.56. The van der Waals surface area contributed by atoms with E-state index in [0.29, 0.717) is 6.54 Å². The molecule has 94 valence electrons. The summed E-state index contributed by atoms with van der Waals surface area (Å²) in [7, 11) is 0. The lowest BCUT2D eigenvalue weighted by molar-refractivity contribution is -0.131. The first-order chi connectivity index (χ1) is 8.69. The van der Waals surface area contributed by atoms with E-state index >= 15 is 0 Å². The fourth-order valence-electron chi connectivity index (χ4n) is 1.72. The Labute approximate surface area is 105 Å². The number of aliphatic carboxylic acids is 1. The van der Waals surface area contributed by atoms with Crippen LogP contribution in [0.5, 0.6) is 0 Å². The SMILES string of the molecule is CCNCc1cc2cc(/C=C/C(=O)O)ccc2o1. The van der Waals surface area contributed by atoms with Gasteiger partial charge in [0.2, 0.25) is 0 Å². The van der Waals surface area contributed by atoms with Gasteiger partial charge < -0.3 is 14.8 Å². The Morgan fingerprint density at radius 3 is 3.00 bits per heavy atom. The summed E-state index contributed by atoms with van der Waals surface area (Å²) in [5.74, 6) is -0.0682. The monoisotopic (exact) mass is 245 g/mol. The summed E-state index contributed by atoms with van der Waals surface area (Å²) in [4.78, 5) is 10.4. The highest BCUT2D eigenvalue weighted by atomic mass is 16.4. The largest absolute Gasteiger partial charge is 0.478 e. The van der Waals surface area contributed by atoms with E-state index in [1.807, 2.05) is 31.2 Å². The molecule has 2 N–H and O–H groups in total. The molecule has 0 spiro atoms. The van der Waals surface area contributed by atoms with Crippen molar-refractivity contribution in [2.45, 2.75) is 13.5 Å². The van der Waals surface area contributed by atoms with Gasteiger partial charge in [-0.05, 0) is 36.4 Å². The first kappa shape index (κ1) is 12.4. The molecule has 0 atom stereocenters. The molecule has 0 aliphatic carbocycles. The lowest BCUT2D eigenvalue weighted by atomic mass is 10.1. The van der Waals surface area contributed by atoms with Crippen molar-refractivity contribution in [2.24, 2.45) is 0 Å². The highest BCUT2D eigenvalue weighted by Gasteiger charge is 2.03. The van der Waals surface area contributed by atoms with Crippen molar-refractivity contribution in [3.05, 3.63) is 41.7 Å². The molecule has 2 rings (SSSR count). The molecule has 0 saturated carbocycles. The van der Waals surface area contributed by atoms with Gasteiger partial charge in [-0.15, -0.1) is 0 Å². The van der Waals surface area contributed by atoms with Gasteiger partial charge in [-0.2, -0.15) is 0 Å². The summed E-state index contributed by atoms with van der Waals surface area (Å²) in [5, 5.41) is 12.8. The minimum Gasteiger partial charge on any atom is -0.478 e. The fourth-order valence-corrected chi connectivity index (χ4v) is 1.72. The van der Waals surface area contributed by atoms with Crippen LogP contribution in [-0.4, -0.2) is 17.6 Å². The molecule has 4 nitrogen and oxygen atoms in total. The number of carboxylic acid groups (broad SMARTS) is 1. The van der Waals surface area contributed by atoms with Gasteiger partial charge >= 0.3 is 5.97 Å². The summed E-state index contributed by atoms with van der Waals surface area (Å²) < 4.78 is 5.65. The molecule has 0 bridgehead atoms. The van der Waals surface area contributed by atoms with Gasteiger partial charge in [-0.1, -0.05) is 13.0 Å². The molecule has 0 aliphatic rings. The van der Waals surface area contributed by atoms with Gasteiger partial charge in [0.1, 0.15) is 11.3 Å². The van der Waals surface area contributed by atoms with Crippen molar-refractivity contribution < 1.29 is 14.3 Å². The number of hydrogen-bond acceptors (Lipinski definition) is 3. The van der Waals surface area contributed by atoms with Gasteiger partial charge in [0.15, 0.2) is 0 Å². The average Bonchev–Trinajstić information content (AvgIpc) is 2.75. The van der Waals surface area contributed by atoms with E-state index in [1.165, 1.54) is 0 Å². The quantitative estimate of drug-likeness (QED) is 0.795. The van der Waals surface area contributed by atoms with Crippen LogP contribution in [0.1, 0.15) is 18.2 Å². The number of carboxylic acids is 1. The number of hydrogen-bond donors (Lipinski definition) is 2. The molecule has 18 heavy (non-hydrogen) atoms. The van der Waals surface area contributed by atoms with Gasteiger partial charge in [0.25, 0.3) is 0 Å². The summed E-state index contributed by atoms with van der Waals surface area (Å²) >= 11 is 0. The maximum Gasteiger partial charge on any atom is 0.328 e. The van der Waals surface area contributed by atoms with Crippen molar-refractivity contribution >= 4 is 23.0 Å². The second kappa shape index (κ2) is 5.51. The molecule has 0 unspecified atom stereocenters. The second-order valence-corrected chi connectivity index (χ2v) is 3.96. The Morgan fingerprint density at radius 2 is 2.28 bits per heavy atom. The molecule has 0 fully saturated rings. The molecule has 2 aromatic rings. The Kier molecular flexibility index (Phi) is 3.79. The topological polar surface area (TPSA) is 62.5 Å². The van der Waals surface area contributed by atoms with Gasteiger partial charge in [0.05, 0.1) is 6.54 Å². The van der Waals surface area contributed by atoms with Crippen LogP contribution in [0.15, 0.2) is 34.8 Å². The van der Waals surface area contributed by atoms with Gasteiger partial charge in [0, 0.05) is 11.5 Å². The first-order valence-corrected chi connectivity index (χ1v) is 5.83. The number of rotatable bonds is 5. The average molecular weight is 245 g/mol. The number of nitrogens with one attached hydrogen (secondary N) is 1. The van der Waals surface area contributed by atoms with Crippen LogP contribution in [0.3, 0.4) is 0 Å². The first-order valence-electron chi connectivity index (χ1n) is 5.83. The fraction of sp³-hybridized carbons (Fsp3) is 0.214. The third kappa shape index (κ3) is 2.99. The van der Waals surface area contributed by atoms with Crippen LogP contribution in [0.4, 0.5) is 0 Å². The van der Waals surface area contributed by atoms with Crippen LogP contribution >= 0.6 is 0 Å². The number of furan rings is 1. The van der Waals surface area contributed by atoms with E-state index < -0.39 is 5.97 Å². The number of fused-ring (bicyclic) bond motifs is 1. The smallest absolute Gasteiger partial charge is 0.328 e. The Morgan fingerprint density at radius 1 is 1.44 bits per heavy atom. The second-order valence-electron chi connectivity index (χ2n) is 3.96. The van der Waals surface area contributed by atoms with Gasteiger partial charge in [-0.3, -0.25) is 0 Å². The van der Waals surface area contributed by atoms with E-state index in [1.54, 1.807) is 6.08 Å². The predicted molar refractivity (Wildman–Crippen MR) is 70.3 cm³/mol. The van der Waals surface area contributed by atoms with Gasteiger partial charge in [-0.25, -0.2) is 4.79 Å². The van der Waals surface area contributed by atoms with E-state index in [4.69, 9.17) is 9.52 Å². The molecular formula is C14H15NO3.